The smallest absolute Gasteiger partial charge is 0.244 e. The Hall–Kier alpha value is -2.29. The second-order valence-electron chi connectivity index (χ2n) is 7.82. The van der Waals surface area contributed by atoms with Gasteiger partial charge >= 0.3 is 0 Å². The molecule has 0 aliphatic rings. The van der Waals surface area contributed by atoms with Crippen LogP contribution in [0.5, 0.6) is 0 Å². The Balaban J connectivity index is 2.40. The van der Waals surface area contributed by atoms with Crippen LogP contribution in [0.3, 0.4) is 0 Å². The van der Waals surface area contributed by atoms with Crippen molar-refractivity contribution in [1.29, 1.82) is 0 Å². The summed E-state index contributed by atoms with van der Waals surface area (Å²) in [4.78, 5) is 27.5. The highest BCUT2D eigenvalue weighted by Gasteiger charge is 2.30. The molecular formula is C23H29Cl2N3O4S. The van der Waals surface area contributed by atoms with Crippen molar-refractivity contribution >= 4 is 50.7 Å². The number of anilines is 1. The number of carbonyl (C=O) groups is 2. The van der Waals surface area contributed by atoms with E-state index in [-0.39, 0.29) is 12.5 Å². The SMILES string of the molecule is CCCNC(=O)C(C)N(Cc1cccc(Cl)c1)C(=O)CN(c1ccc(Cl)cc1C)S(C)(=O)=O. The number of hydrogen-bond donors (Lipinski definition) is 1. The fourth-order valence-corrected chi connectivity index (χ4v) is 4.65. The largest absolute Gasteiger partial charge is 0.354 e. The quantitative estimate of drug-likeness (QED) is 0.519. The van der Waals surface area contributed by atoms with E-state index in [0.717, 1.165) is 22.5 Å². The van der Waals surface area contributed by atoms with Crippen LogP contribution in [0.2, 0.25) is 10.0 Å². The Morgan fingerprint density at radius 2 is 1.76 bits per heavy atom. The van der Waals surface area contributed by atoms with E-state index in [2.05, 4.69) is 5.32 Å². The van der Waals surface area contributed by atoms with Gasteiger partial charge in [0.25, 0.3) is 0 Å². The van der Waals surface area contributed by atoms with Crippen LogP contribution in [-0.4, -0.2) is 50.5 Å². The molecule has 10 heteroatoms. The van der Waals surface area contributed by atoms with E-state index in [1.807, 2.05) is 6.92 Å². The average Bonchev–Trinajstić information content (AvgIpc) is 2.73. The molecule has 0 saturated heterocycles. The predicted molar refractivity (Wildman–Crippen MR) is 133 cm³/mol. The summed E-state index contributed by atoms with van der Waals surface area (Å²) in [7, 11) is -3.80. The summed E-state index contributed by atoms with van der Waals surface area (Å²) in [5.74, 6) is -0.838. The Morgan fingerprint density at radius 1 is 1.09 bits per heavy atom. The molecule has 2 amide bonds. The number of halogens is 2. The van der Waals surface area contributed by atoms with E-state index < -0.39 is 28.5 Å². The first kappa shape index (κ1) is 27.0. The van der Waals surface area contributed by atoms with Gasteiger partial charge in [-0.15, -0.1) is 0 Å². The third-order valence-electron chi connectivity index (χ3n) is 5.07. The topological polar surface area (TPSA) is 86.8 Å². The fraction of sp³-hybridized carbons (Fsp3) is 0.391. The summed E-state index contributed by atoms with van der Waals surface area (Å²) in [6, 6.07) is 10.9. The zero-order valence-corrected chi connectivity index (χ0v) is 21.5. The van der Waals surface area contributed by atoms with Crippen LogP contribution in [-0.2, 0) is 26.2 Å². The molecule has 0 bridgehead atoms. The van der Waals surface area contributed by atoms with Gasteiger partial charge in [0.05, 0.1) is 11.9 Å². The van der Waals surface area contributed by atoms with Gasteiger partial charge in [0.1, 0.15) is 12.6 Å². The van der Waals surface area contributed by atoms with Gasteiger partial charge in [0.2, 0.25) is 21.8 Å². The van der Waals surface area contributed by atoms with Crippen LogP contribution < -0.4 is 9.62 Å². The minimum Gasteiger partial charge on any atom is -0.354 e. The van der Waals surface area contributed by atoms with Crippen molar-refractivity contribution < 1.29 is 18.0 Å². The molecule has 1 N–H and O–H groups in total. The Morgan fingerprint density at radius 3 is 2.33 bits per heavy atom. The number of hydrogen-bond acceptors (Lipinski definition) is 4. The lowest BCUT2D eigenvalue weighted by Crippen LogP contribution is -2.51. The lowest BCUT2D eigenvalue weighted by molar-refractivity contribution is -0.139. The fourth-order valence-electron chi connectivity index (χ4n) is 3.30. The molecule has 0 fully saturated rings. The summed E-state index contributed by atoms with van der Waals surface area (Å²) in [6.07, 6.45) is 1.78. The van der Waals surface area contributed by atoms with Crippen molar-refractivity contribution in [3.05, 3.63) is 63.6 Å². The molecule has 33 heavy (non-hydrogen) atoms. The van der Waals surface area contributed by atoms with Gasteiger partial charge in [-0.25, -0.2) is 8.42 Å². The van der Waals surface area contributed by atoms with Gasteiger partial charge in [-0.2, -0.15) is 0 Å². The van der Waals surface area contributed by atoms with Gasteiger partial charge in [0, 0.05) is 23.1 Å². The second kappa shape index (κ2) is 11.7. The van der Waals surface area contributed by atoms with Crippen LogP contribution in [0, 0.1) is 6.92 Å². The van der Waals surface area contributed by atoms with Gasteiger partial charge in [-0.3, -0.25) is 13.9 Å². The predicted octanol–water partition coefficient (Wildman–Crippen LogP) is 4.01. The highest BCUT2D eigenvalue weighted by Crippen LogP contribution is 2.26. The van der Waals surface area contributed by atoms with Crippen molar-refractivity contribution in [2.75, 3.05) is 23.7 Å². The maximum Gasteiger partial charge on any atom is 0.244 e. The Bertz CT molecular complexity index is 1110. The molecule has 0 radical (unpaired) electrons. The van der Waals surface area contributed by atoms with E-state index in [1.165, 1.54) is 4.90 Å². The zero-order chi connectivity index (χ0) is 24.8. The summed E-state index contributed by atoms with van der Waals surface area (Å²) < 4.78 is 26.2. The number of benzene rings is 2. The number of amides is 2. The lowest BCUT2D eigenvalue weighted by atomic mass is 10.1. The number of carbonyl (C=O) groups excluding carboxylic acids is 2. The highest BCUT2D eigenvalue weighted by molar-refractivity contribution is 7.92. The van der Waals surface area contributed by atoms with E-state index in [9.17, 15) is 18.0 Å². The van der Waals surface area contributed by atoms with Crippen molar-refractivity contribution in [1.82, 2.24) is 10.2 Å². The van der Waals surface area contributed by atoms with Gasteiger partial charge in [-0.1, -0.05) is 42.3 Å². The maximum absolute atomic E-state index is 13.4. The average molecular weight is 514 g/mol. The van der Waals surface area contributed by atoms with E-state index in [4.69, 9.17) is 23.2 Å². The highest BCUT2D eigenvalue weighted by atomic mass is 35.5. The van der Waals surface area contributed by atoms with Gasteiger partial charge < -0.3 is 10.2 Å². The number of aryl methyl sites for hydroxylation is 1. The van der Waals surface area contributed by atoms with E-state index in [0.29, 0.717) is 27.8 Å². The number of nitrogens with zero attached hydrogens (tertiary/aromatic N) is 2. The van der Waals surface area contributed by atoms with Crippen molar-refractivity contribution in [2.45, 2.75) is 39.8 Å². The van der Waals surface area contributed by atoms with Crippen molar-refractivity contribution in [3.8, 4) is 0 Å². The summed E-state index contributed by atoms with van der Waals surface area (Å²) in [5.41, 5.74) is 1.68. The third kappa shape index (κ3) is 7.62. The van der Waals surface area contributed by atoms with Crippen LogP contribution in [0.15, 0.2) is 42.5 Å². The maximum atomic E-state index is 13.4. The van der Waals surface area contributed by atoms with Crippen LogP contribution in [0.4, 0.5) is 5.69 Å². The molecule has 2 rings (SSSR count). The molecule has 0 aliphatic carbocycles. The summed E-state index contributed by atoms with van der Waals surface area (Å²) in [6.45, 7) is 5.37. The first-order valence-corrected chi connectivity index (χ1v) is 13.1. The Labute approximate surface area is 205 Å². The summed E-state index contributed by atoms with van der Waals surface area (Å²) >= 11 is 12.1. The van der Waals surface area contributed by atoms with E-state index in [1.54, 1.807) is 56.3 Å². The molecule has 7 nitrogen and oxygen atoms in total. The van der Waals surface area contributed by atoms with Gasteiger partial charge in [0.15, 0.2) is 0 Å². The lowest BCUT2D eigenvalue weighted by Gasteiger charge is -2.32. The minimum absolute atomic E-state index is 0.0946. The van der Waals surface area contributed by atoms with E-state index >= 15 is 0 Å². The third-order valence-corrected chi connectivity index (χ3v) is 6.66. The monoisotopic (exact) mass is 513 g/mol. The molecule has 1 unspecified atom stereocenters. The molecular weight excluding hydrogens is 485 g/mol. The van der Waals surface area contributed by atoms with Crippen molar-refractivity contribution in [3.63, 3.8) is 0 Å². The number of rotatable bonds is 10. The summed E-state index contributed by atoms with van der Waals surface area (Å²) in [5, 5.41) is 3.75. The van der Waals surface area contributed by atoms with Crippen LogP contribution >= 0.6 is 23.2 Å². The molecule has 2 aromatic rings. The molecule has 2 aromatic carbocycles. The molecule has 0 heterocycles. The number of sulfonamides is 1. The van der Waals surface area contributed by atoms with Crippen molar-refractivity contribution in [2.24, 2.45) is 0 Å². The van der Waals surface area contributed by atoms with Crippen LogP contribution in [0.25, 0.3) is 0 Å². The first-order chi connectivity index (χ1) is 15.4. The second-order valence-corrected chi connectivity index (χ2v) is 10.6. The minimum atomic E-state index is -3.80. The molecule has 1 atom stereocenters. The Kier molecular flexibility index (Phi) is 9.57. The normalized spacial score (nSPS) is 12.2. The number of nitrogens with one attached hydrogen (secondary N) is 1. The molecule has 0 aromatic heterocycles. The zero-order valence-electron chi connectivity index (χ0n) is 19.1. The molecule has 0 saturated carbocycles. The first-order valence-electron chi connectivity index (χ1n) is 10.5. The van der Waals surface area contributed by atoms with Crippen LogP contribution in [0.1, 0.15) is 31.4 Å². The molecule has 0 aliphatic heterocycles. The molecule has 180 valence electrons. The molecule has 0 spiro atoms. The van der Waals surface area contributed by atoms with Gasteiger partial charge in [-0.05, 0) is 61.7 Å². The standard InChI is InChI=1S/C23H29Cl2N3O4S/c1-5-11-26-23(30)17(3)27(14-18-7-6-8-19(24)13-18)22(29)15-28(33(4,31)32)21-10-9-20(25)12-16(21)2/h6-10,12-13,17H,5,11,14-15H2,1-4H3,(H,26,30).